The molecule has 5 aliphatic heterocycles. The van der Waals surface area contributed by atoms with Gasteiger partial charge in [0.05, 0.1) is 74.1 Å². The number of ether oxygens (including phenoxy) is 18. The van der Waals surface area contributed by atoms with Crippen molar-refractivity contribution in [3.05, 3.63) is 118 Å². The molecule has 3 N–H and O–H groups in total. The Balaban J connectivity index is 0.000000219. The Morgan fingerprint density at radius 3 is 1.48 bits per heavy atom. The molecule has 0 radical (unpaired) electrons. The molecule has 3 aromatic carbocycles. The van der Waals surface area contributed by atoms with Crippen molar-refractivity contribution in [1.82, 2.24) is 5.32 Å². The number of aliphatic hydroxyl groups excluding tert-OH is 2. The van der Waals surface area contributed by atoms with Gasteiger partial charge >= 0.3 is 66.2 Å². The van der Waals surface area contributed by atoms with Crippen molar-refractivity contribution in [3.8, 4) is 11.5 Å². The first kappa shape index (κ1) is 95.0. The van der Waals surface area contributed by atoms with Gasteiger partial charge in [-0.1, -0.05) is 106 Å². The summed E-state index contributed by atoms with van der Waals surface area (Å²) in [5, 5.41) is 26.3. The van der Waals surface area contributed by atoms with Crippen LogP contribution in [0, 0.1) is 57.2 Å². The Morgan fingerprint density at radius 1 is 0.578 bits per heavy atom. The third-order valence-corrected chi connectivity index (χ3v) is 28.3. The van der Waals surface area contributed by atoms with Gasteiger partial charge in [-0.05, 0) is 150 Å². The molecule has 4 bridgehead atoms. The summed E-state index contributed by atoms with van der Waals surface area (Å²) in [5.74, 6) is -11.5. The molecular formula is C94H117NO33. The second-order valence-electron chi connectivity index (χ2n) is 38.8. The topological polar surface area (TPSA) is 441 Å². The maximum absolute atomic E-state index is 15.9. The van der Waals surface area contributed by atoms with Gasteiger partial charge in [0.25, 0.3) is 0 Å². The largest absolute Gasteiger partial charge is 0.509 e. The van der Waals surface area contributed by atoms with Crippen LogP contribution < -0.4 is 14.8 Å². The highest BCUT2D eigenvalue weighted by Crippen LogP contribution is 2.70. The van der Waals surface area contributed by atoms with Gasteiger partial charge in [0.1, 0.15) is 29.3 Å². The summed E-state index contributed by atoms with van der Waals surface area (Å²) in [6, 6.07) is 20.0. The first-order valence-corrected chi connectivity index (χ1v) is 43.3. The minimum Gasteiger partial charge on any atom is -0.497 e. The fourth-order valence-corrected chi connectivity index (χ4v) is 22.7. The standard InChI is InChI=1S/C50H60O16.C44H57NO17/c1-24(2)19-30-21-34(32-18-17-31(57-10)22-33(32)58-11)61-38(30)45(55)62-37-26(4)36-39(60-27(5)51)41(53)48(9)25(3)20-35-49(23-59-35,65-28(6)52)40(48)43(63-44(54)29-15-13-12-14-16-29)50(47(36,7)8)42(37)64-46(56)66-50;1-20(2)17-25(45-38(53)61-40(6,7)8)29(49)37(52)57-30-21(3)28-31(56-22(4)46)33(50)42(11)26(48)18-27-43(19-55-27,60-23(5)47)32(42)35(58-36(51)24-15-13-12-14-16-24)44(41(28,9)10)34(30)59-39(54)62-44/h12-18,22,24-25,30,34-35,37-40,42-43H,19-21,23H2,1-11H3;12-16,20,25-27,29-32,34-35,48-49H,17-19H2,1-11H3,(H,45,53)/t25-,30?,34?,35?,37+,38?,39+,40-,42-,43-,48+,49-,50+;25-,26-,27?,29+,30+,31?,32-,34-,35-,42+,43-,44+/m00/s1. The Bertz CT molecular complexity index is 4990. The molecule has 128 heavy (non-hydrogen) atoms. The average Bonchev–Trinajstić information content (AvgIpc) is 1.20. The van der Waals surface area contributed by atoms with Crippen LogP contribution in [-0.4, -0.2) is 229 Å². The van der Waals surface area contributed by atoms with Crippen molar-refractivity contribution in [2.75, 3.05) is 27.4 Å². The number of esters is 8. The number of alkyl carbamates (subject to hydrolysis) is 1. The zero-order valence-corrected chi connectivity index (χ0v) is 76.1. The van der Waals surface area contributed by atoms with E-state index >= 15 is 14.4 Å². The molecule has 14 rings (SSSR count). The van der Waals surface area contributed by atoms with Crippen LogP contribution in [0.3, 0.4) is 0 Å². The van der Waals surface area contributed by atoms with Gasteiger partial charge in [-0.15, -0.1) is 0 Å². The number of hydrogen-bond acceptors (Lipinski definition) is 33. The van der Waals surface area contributed by atoms with E-state index in [1.807, 2.05) is 26.8 Å². The Morgan fingerprint density at radius 2 is 1.05 bits per heavy atom. The average molecular weight is 1790 g/mol. The first-order valence-electron chi connectivity index (χ1n) is 43.3. The van der Waals surface area contributed by atoms with Crippen LogP contribution in [0.15, 0.2) is 101 Å². The lowest BCUT2D eigenvalue weighted by Crippen LogP contribution is -2.83. The van der Waals surface area contributed by atoms with E-state index in [2.05, 4.69) is 5.32 Å². The maximum atomic E-state index is 15.9. The number of carbonyl (C=O) groups excluding carboxylic acids is 13. The van der Waals surface area contributed by atoms with Crippen LogP contribution in [-0.2, 0) is 114 Å². The highest BCUT2D eigenvalue weighted by atomic mass is 16.8. The Kier molecular flexibility index (Phi) is 25.8. The van der Waals surface area contributed by atoms with Crippen LogP contribution in [0.1, 0.15) is 203 Å². The quantitative estimate of drug-likeness (QED) is 0.0506. The van der Waals surface area contributed by atoms with E-state index in [1.54, 1.807) is 144 Å². The number of methoxy groups -OCH3 is 2. The fourth-order valence-electron chi connectivity index (χ4n) is 22.7. The number of hydrogen-bond donors (Lipinski definition) is 3. The minimum atomic E-state index is -2.36. The van der Waals surface area contributed by atoms with Gasteiger partial charge in [0.2, 0.25) is 11.2 Å². The SMILES string of the molecule is CC(=O)OC1C(=O)[C@]2(C)[C@@H](O)CC3OC[C@@]3(OC(C)=O)[C@H]2[C@H](OC(=O)c2ccccc2)[C@]23OC(=O)O[C@H]2[C@H](OC(=O)[C@H](O)[C@H](CC(C)C)NC(=O)OC(C)(C)C)C(C)=C1C3(C)C.COc1ccc(C2CC(CC(C)C)C(C(=O)O[C@@H]3C(C)=C4[C@@H](OC(C)=O)C(=O)[C@]5(C)[C@@H](C)CC6OC[C@@]6(OC(C)=O)[C@H]5[C@H](OC(=O)c5ccccc5)[C@@]5(OC(=O)O[C@@H]35)C4(C)C)O2)c(OC)c1. The van der Waals surface area contributed by atoms with E-state index in [0.29, 0.717) is 29.9 Å². The van der Waals surface area contributed by atoms with Crippen molar-refractivity contribution in [2.45, 2.75) is 290 Å². The zero-order chi connectivity index (χ0) is 93.9. The van der Waals surface area contributed by atoms with E-state index < -0.39 is 237 Å². The number of amides is 1. The van der Waals surface area contributed by atoms with Crippen molar-refractivity contribution >= 4 is 77.7 Å². The molecule has 34 heteroatoms. The lowest BCUT2D eigenvalue weighted by atomic mass is 9.43. The van der Waals surface area contributed by atoms with E-state index in [1.165, 1.54) is 46.9 Å². The molecule has 5 saturated heterocycles. The first-order chi connectivity index (χ1) is 59.9. The molecule has 3 aromatic rings. The van der Waals surface area contributed by atoms with E-state index in [0.717, 1.165) is 13.8 Å². The summed E-state index contributed by atoms with van der Waals surface area (Å²) in [6.07, 6.45) is -23.3. The number of Topliss-reactive ketones (excluding diaryl/α,β-unsaturated/α-hetero) is 2. The third kappa shape index (κ3) is 15.8. The van der Waals surface area contributed by atoms with Gasteiger partial charge in [-0.25, -0.2) is 33.6 Å². The number of rotatable bonds is 21. The molecule has 25 atom stereocenters. The Labute approximate surface area is 741 Å². The summed E-state index contributed by atoms with van der Waals surface area (Å²) in [5.41, 5.74) is -14.7. The van der Waals surface area contributed by atoms with Gasteiger partial charge in [0, 0.05) is 62.0 Å². The van der Waals surface area contributed by atoms with Crippen LogP contribution in [0.25, 0.3) is 0 Å². The van der Waals surface area contributed by atoms with Crippen LogP contribution in [0.2, 0.25) is 0 Å². The number of aliphatic hydroxyl groups is 2. The molecular weight excluding hydrogens is 1670 g/mol. The van der Waals surface area contributed by atoms with Crippen LogP contribution in [0.4, 0.5) is 14.4 Å². The lowest BCUT2D eigenvalue weighted by molar-refractivity contribution is -0.345. The normalized spacial score (nSPS) is 35.2. The molecule has 1 amide bonds. The van der Waals surface area contributed by atoms with Crippen LogP contribution >= 0.6 is 0 Å². The molecule has 0 aromatic heterocycles. The predicted octanol–water partition coefficient (Wildman–Crippen LogP) is 10.5. The highest BCUT2D eigenvalue weighted by Gasteiger charge is 2.86. The van der Waals surface area contributed by atoms with Crippen LogP contribution in [0.5, 0.6) is 11.5 Å². The number of nitrogens with one attached hydrogen (secondary N) is 1. The zero-order valence-electron chi connectivity index (χ0n) is 76.1. The number of ketones is 2. The smallest absolute Gasteiger partial charge is 0.497 e. The number of benzene rings is 3. The van der Waals surface area contributed by atoms with E-state index in [-0.39, 0.29) is 83.6 Å². The molecule has 4 saturated carbocycles. The summed E-state index contributed by atoms with van der Waals surface area (Å²) < 4.78 is 110. The monoisotopic (exact) mass is 1790 g/mol. The number of carbonyl (C=O) groups is 13. The summed E-state index contributed by atoms with van der Waals surface area (Å²) in [4.78, 5) is 184. The molecule has 2 spiro atoms. The fraction of sp³-hybridized carbons (Fsp3) is 0.628. The minimum absolute atomic E-state index is 0.0261. The summed E-state index contributed by atoms with van der Waals surface area (Å²) in [6.45, 7) is 31.0. The summed E-state index contributed by atoms with van der Waals surface area (Å²) in [7, 11) is 3.09. The van der Waals surface area contributed by atoms with Gasteiger partial charge < -0.3 is 101 Å². The lowest BCUT2D eigenvalue weighted by Gasteiger charge is -2.67. The highest BCUT2D eigenvalue weighted by molar-refractivity contribution is 5.98. The predicted molar refractivity (Wildman–Crippen MR) is 443 cm³/mol. The third-order valence-electron chi connectivity index (χ3n) is 28.3. The molecule has 5 heterocycles. The van der Waals surface area contributed by atoms with Gasteiger partial charge in [0.15, 0.2) is 83.8 Å². The van der Waals surface area contributed by atoms with E-state index in [9.17, 15) is 58.2 Å². The van der Waals surface area contributed by atoms with E-state index in [4.69, 9.17) is 85.3 Å². The maximum Gasteiger partial charge on any atom is 0.509 e. The van der Waals surface area contributed by atoms with Crippen molar-refractivity contribution in [2.24, 2.45) is 57.2 Å². The molecule has 11 aliphatic rings. The van der Waals surface area contributed by atoms with Crippen molar-refractivity contribution < 1.29 is 158 Å². The van der Waals surface area contributed by atoms with Crippen molar-refractivity contribution in [3.63, 3.8) is 0 Å². The second-order valence-corrected chi connectivity index (χ2v) is 38.8. The van der Waals surface area contributed by atoms with Crippen molar-refractivity contribution in [1.29, 1.82) is 0 Å². The number of fused-ring (bicyclic) bond motifs is 8. The van der Waals surface area contributed by atoms with Gasteiger partial charge in [-0.3, -0.25) is 28.8 Å². The molecule has 6 aliphatic carbocycles. The second kappa shape index (κ2) is 34.7. The molecule has 6 unspecified atom stereocenters. The molecule has 9 fully saturated rings. The Hall–Kier alpha value is -10.6. The van der Waals surface area contributed by atoms with Gasteiger partial charge in [-0.2, -0.15) is 0 Å². The molecule has 696 valence electrons. The summed E-state index contributed by atoms with van der Waals surface area (Å²) >= 11 is 0. The molecule has 34 nitrogen and oxygen atoms in total.